The molecule has 1 N–H and O–H groups in total. The molecule has 1 aromatic carbocycles. The van der Waals surface area contributed by atoms with Gasteiger partial charge in [-0.05, 0) is 31.0 Å². The molecular formula is C25H41Cl2NO5. The van der Waals surface area contributed by atoms with Gasteiger partial charge in [-0.3, -0.25) is 0 Å². The molecule has 1 fully saturated rings. The molecule has 2 rings (SSSR count). The summed E-state index contributed by atoms with van der Waals surface area (Å²) in [5.74, 6) is -1.03. The van der Waals surface area contributed by atoms with Crippen molar-refractivity contribution in [2.75, 3.05) is 40.6 Å². The number of halogens is 2. The molecule has 0 amide bonds. The van der Waals surface area contributed by atoms with E-state index in [-0.39, 0.29) is 17.4 Å². The Bertz CT molecular complexity index is 660. The number of rotatable bonds is 8. The van der Waals surface area contributed by atoms with Gasteiger partial charge in [0.05, 0.1) is 37.8 Å². The van der Waals surface area contributed by atoms with Gasteiger partial charge < -0.3 is 29.0 Å². The molecule has 1 aromatic rings. The first-order chi connectivity index (χ1) is 15.7. The molecule has 0 atom stereocenters. The Morgan fingerprint density at radius 2 is 1.58 bits per heavy atom. The van der Waals surface area contributed by atoms with Crippen molar-refractivity contribution in [3.8, 4) is 5.75 Å². The zero-order chi connectivity index (χ0) is 24.5. The molecule has 0 bridgehead atoms. The molecule has 190 valence electrons. The molecular weight excluding hydrogens is 465 g/mol. The maximum absolute atomic E-state index is 10.0. The van der Waals surface area contributed by atoms with Gasteiger partial charge in [0.15, 0.2) is 6.73 Å². The lowest BCUT2D eigenvalue weighted by molar-refractivity contribution is -0.910. The minimum atomic E-state index is -1.30. The lowest BCUT2D eigenvalue weighted by atomic mass is 9.99. The van der Waals surface area contributed by atoms with Crippen LogP contribution in [0.15, 0.2) is 18.2 Å². The number of likely N-dealkylation sites (N-methyl/N-ethyl adjacent to an activating group) is 1. The van der Waals surface area contributed by atoms with Gasteiger partial charge in [-0.2, -0.15) is 0 Å². The van der Waals surface area contributed by atoms with Gasteiger partial charge in [-0.1, -0.05) is 81.0 Å². The number of benzene rings is 1. The number of aliphatic hydroxyl groups excluding tert-OH is 1. The highest BCUT2D eigenvalue weighted by atomic mass is 35.5. The summed E-state index contributed by atoms with van der Waals surface area (Å²) < 4.78 is 11.7. The van der Waals surface area contributed by atoms with E-state index in [0.29, 0.717) is 11.1 Å². The molecule has 1 aliphatic rings. The maximum Gasteiger partial charge on any atom is 0.183 e. The van der Waals surface area contributed by atoms with E-state index >= 15 is 0 Å². The van der Waals surface area contributed by atoms with E-state index in [1.165, 1.54) is 82.8 Å². The Balaban J connectivity index is 0.000000361. The van der Waals surface area contributed by atoms with E-state index in [2.05, 4.69) is 14.1 Å². The minimum absolute atomic E-state index is 0.237. The van der Waals surface area contributed by atoms with Crippen LogP contribution in [0.1, 0.15) is 70.6 Å². The second-order valence-electron chi connectivity index (χ2n) is 9.30. The summed E-state index contributed by atoms with van der Waals surface area (Å²) in [6.45, 7) is 1.21. The summed E-state index contributed by atoms with van der Waals surface area (Å²) in [7, 11) is 4.26. The van der Waals surface area contributed by atoms with Crippen molar-refractivity contribution in [1.82, 2.24) is 0 Å². The number of aliphatic hydroxyl groups is 1. The lowest BCUT2D eigenvalue weighted by Crippen LogP contribution is -2.44. The number of hydrogen-bond acceptors (Lipinski definition) is 5. The van der Waals surface area contributed by atoms with Crippen LogP contribution in [0.2, 0.25) is 10.0 Å². The first-order valence-electron chi connectivity index (χ1n) is 12.1. The van der Waals surface area contributed by atoms with Crippen LogP contribution in [0.5, 0.6) is 5.75 Å². The molecule has 0 aliphatic heterocycles. The summed E-state index contributed by atoms with van der Waals surface area (Å²) in [5.41, 5.74) is 0. The topological polar surface area (TPSA) is 78.8 Å². The largest absolute Gasteiger partial charge is 0.546 e. The fraction of sp³-hybridized carbons (Fsp3) is 0.720. The van der Waals surface area contributed by atoms with Gasteiger partial charge in [0.25, 0.3) is 0 Å². The van der Waals surface area contributed by atoms with Crippen LogP contribution in [0.25, 0.3) is 0 Å². The number of quaternary nitrogens is 1. The molecule has 0 radical (unpaired) electrons. The third kappa shape index (κ3) is 15.5. The van der Waals surface area contributed by atoms with E-state index < -0.39 is 12.6 Å². The predicted molar refractivity (Wildman–Crippen MR) is 132 cm³/mol. The summed E-state index contributed by atoms with van der Waals surface area (Å²) in [6, 6.07) is 4.51. The number of nitrogens with zero attached hydrogens (tertiary/aromatic N) is 1. The highest BCUT2D eigenvalue weighted by molar-refractivity contribution is 6.35. The third-order valence-electron chi connectivity index (χ3n) is 5.66. The zero-order valence-corrected chi connectivity index (χ0v) is 21.7. The number of carbonyl (C=O) groups excluding carboxylic acids is 1. The monoisotopic (exact) mass is 505 g/mol. The van der Waals surface area contributed by atoms with Gasteiger partial charge >= 0.3 is 0 Å². The summed E-state index contributed by atoms with van der Waals surface area (Å²) in [5, 5.41) is 19.9. The first kappa shape index (κ1) is 30.0. The normalized spacial score (nSPS) is 16.6. The number of carbonyl (C=O) groups is 1. The van der Waals surface area contributed by atoms with Gasteiger partial charge in [0.1, 0.15) is 18.9 Å². The Morgan fingerprint density at radius 1 is 1.03 bits per heavy atom. The number of aliphatic carboxylic acids is 1. The van der Waals surface area contributed by atoms with Gasteiger partial charge in [-0.15, -0.1) is 0 Å². The van der Waals surface area contributed by atoms with Crippen molar-refractivity contribution in [2.24, 2.45) is 0 Å². The van der Waals surface area contributed by atoms with Gasteiger partial charge in [0.2, 0.25) is 0 Å². The van der Waals surface area contributed by atoms with Crippen molar-refractivity contribution < 1.29 is 29.0 Å². The first-order valence-corrected chi connectivity index (χ1v) is 12.8. The van der Waals surface area contributed by atoms with E-state index in [4.69, 9.17) is 37.8 Å². The highest BCUT2D eigenvalue weighted by Gasteiger charge is 2.18. The SMILES string of the molecule is C[N+](C)(CCO)COC1CCCCCCCCCCC1.O=C([O-])COc1ccc(Cl)cc1Cl. The average Bonchev–Trinajstić information content (AvgIpc) is 2.73. The molecule has 0 heterocycles. The Kier molecular flexibility index (Phi) is 15.8. The number of ether oxygens (including phenoxy) is 2. The standard InChI is InChI=1S/C17H36NO2.C8H6Cl2O3/c1-18(2,14-15-19)16-20-17-12-10-8-6-4-3-5-7-9-11-13-17;9-5-1-2-7(6(10)3-5)13-4-8(11)12/h17,19H,3-16H2,1-2H3;1-3H,4H2,(H,11,12)/q+1;/p-1. The lowest BCUT2D eigenvalue weighted by Gasteiger charge is -2.30. The van der Waals surface area contributed by atoms with Crippen molar-refractivity contribution in [3.63, 3.8) is 0 Å². The summed E-state index contributed by atoms with van der Waals surface area (Å²) in [4.78, 5) is 10.0. The molecule has 0 saturated heterocycles. The molecule has 33 heavy (non-hydrogen) atoms. The van der Waals surface area contributed by atoms with E-state index in [1.54, 1.807) is 6.07 Å². The van der Waals surface area contributed by atoms with Crippen LogP contribution in [0, 0.1) is 0 Å². The minimum Gasteiger partial charge on any atom is -0.546 e. The highest BCUT2D eigenvalue weighted by Crippen LogP contribution is 2.27. The molecule has 0 unspecified atom stereocenters. The maximum atomic E-state index is 10.0. The van der Waals surface area contributed by atoms with Crippen LogP contribution < -0.4 is 9.84 Å². The fourth-order valence-electron chi connectivity index (χ4n) is 3.66. The van der Waals surface area contributed by atoms with Crippen molar-refractivity contribution in [1.29, 1.82) is 0 Å². The summed E-state index contributed by atoms with van der Waals surface area (Å²) >= 11 is 11.3. The number of carboxylic acids is 1. The molecule has 0 spiro atoms. The summed E-state index contributed by atoms with van der Waals surface area (Å²) in [6.07, 6.45) is 15.3. The van der Waals surface area contributed by atoms with Gasteiger partial charge in [-0.25, -0.2) is 0 Å². The quantitative estimate of drug-likeness (QED) is 0.404. The second-order valence-corrected chi connectivity index (χ2v) is 10.1. The van der Waals surface area contributed by atoms with Crippen LogP contribution >= 0.6 is 23.2 Å². The molecule has 0 aromatic heterocycles. The molecule has 1 aliphatic carbocycles. The van der Waals surface area contributed by atoms with Gasteiger partial charge in [0, 0.05) is 5.02 Å². The van der Waals surface area contributed by atoms with E-state index in [9.17, 15) is 9.90 Å². The van der Waals surface area contributed by atoms with Crippen LogP contribution in [-0.4, -0.2) is 62.2 Å². The van der Waals surface area contributed by atoms with E-state index in [1.807, 2.05) is 0 Å². The van der Waals surface area contributed by atoms with Crippen LogP contribution in [-0.2, 0) is 9.53 Å². The molecule has 8 heteroatoms. The van der Waals surface area contributed by atoms with Crippen LogP contribution in [0.3, 0.4) is 0 Å². The molecule has 1 saturated carbocycles. The van der Waals surface area contributed by atoms with Crippen molar-refractivity contribution >= 4 is 29.2 Å². The van der Waals surface area contributed by atoms with E-state index in [0.717, 1.165) is 17.8 Å². The van der Waals surface area contributed by atoms with Crippen LogP contribution in [0.4, 0.5) is 0 Å². The Hall–Kier alpha value is -1.05. The third-order valence-corrected chi connectivity index (χ3v) is 6.19. The Morgan fingerprint density at radius 3 is 2.06 bits per heavy atom. The smallest absolute Gasteiger partial charge is 0.183 e. The second kappa shape index (κ2) is 17.4. The molecule has 6 nitrogen and oxygen atoms in total. The van der Waals surface area contributed by atoms with Crippen molar-refractivity contribution in [2.45, 2.75) is 76.7 Å². The predicted octanol–water partition coefficient (Wildman–Crippen LogP) is 4.82. The number of hydrogen-bond donors (Lipinski definition) is 1. The average molecular weight is 507 g/mol. The fourth-order valence-corrected chi connectivity index (χ4v) is 4.13. The zero-order valence-electron chi connectivity index (χ0n) is 20.2. The number of carboxylic acid groups (broad SMARTS) is 1. The Labute approximate surface area is 209 Å². The van der Waals surface area contributed by atoms with Crippen molar-refractivity contribution in [3.05, 3.63) is 28.2 Å².